The molecule has 2 heterocycles. The molecule has 1 fully saturated rings. The fourth-order valence-electron chi connectivity index (χ4n) is 3.68. The maximum atomic E-state index is 12.8. The molecule has 1 aromatic heterocycles. The van der Waals surface area contributed by atoms with Crippen LogP contribution in [0.15, 0.2) is 60.0 Å². The minimum atomic E-state index is -0.154. The van der Waals surface area contributed by atoms with Crippen molar-refractivity contribution in [3.63, 3.8) is 0 Å². The number of rotatable bonds is 5. The van der Waals surface area contributed by atoms with Crippen LogP contribution in [0.5, 0.6) is 0 Å². The Bertz CT molecular complexity index is 983. The second-order valence-electron chi connectivity index (χ2n) is 7.63. The summed E-state index contributed by atoms with van der Waals surface area (Å²) in [6.07, 6.45) is 1.16. The number of benzene rings is 2. The van der Waals surface area contributed by atoms with Crippen LogP contribution in [0.25, 0.3) is 10.4 Å². The zero-order valence-electron chi connectivity index (χ0n) is 16.8. The molecule has 0 bridgehead atoms. The standard InChI is InChI=1S/C23H26N4OS/c1-26(2)19-11-12-27(15-19)18-8-5-16(6-9-18)23(28)25-21-14-17(7-10-20(21)24)22-4-3-13-29-22/h3-10,13-14,19H,11-12,15,24H2,1-2H3,(H,25,28)/t19-/m0/s1. The normalized spacial score (nSPS) is 16.4. The SMILES string of the molecule is CN(C)[C@H]1CCN(c2ccc(C(=O)Nc3cc(-c4cccs4)ccc3N)cc2)C1. The van der Waals surface area contributed by atoms with Gasteiger partial charge in [-0.2, -0.15) is 0 Å². The summed E-state index contributed by atoms with van der Waals surface area (Å²) in [6, 6.07) is 18.2. The van der Waals surface area contributed by atoms with E-state index in [1.165, 1.54) is 0 Å². The van der Waals surface area contributed by atoms with Gasteiger partial charge in [-0.25, -0.2) is 0 Å². The van der Waals surface area contributed by atoms with Gasteiger partial charge in [0.25, 0.3) is 5.91 Å². The lowest BCUT2D eigenvalue weighted by atomic mass is 10.1. The maximum Gasteiger partial charge on any atom is 0.255 e. The number of likely N-dealkylation sites (N-methyl/N-ethyl adjacent to an activating group) is 1. The van der Waals surface area contributed by atoms with Crippen molar-refractivity contribution < 1.29 is 4.79 Å². The Labute approximate surface area is 175 Å². The number of nitrogens with zero attached hydrogens (tertiary/aromatic N) is 2. The van der Waals surface area contributed by atoms with Gasteiger partial charge >= 0.3 is 0 Å². The molecule has 0 saturated carbocycles. The molecule has 1 aliphatic heterocycles. The van der Waals surface area contributed by atoms with E-state index in [1.54, 1.807) is 11.3 Å². The van der Waals surface area contributed by atoms with Crippen molar-refractivity contribution in [2.24, 2.45) is 0 Å². The predicted octanol–water partition coefficient (Wildman–Crippen LogP) is 4.39. The molecule has 1 atom stereocenters. The lowest BCUT2D eigenvalue weighted by molar-refractivity contribution is 0.102. The molecule has 4 rings (SSSR count). The Hall–Kier alpha value is -2.83. The van der Waals surface area contributed by atoms with Crippen molar-refractivity contribution in [3.05, 3.63) is 65.5 Å². The van der Waals surface area contributed by atoms with Gasteiger partial charge in [-0.05, 0) is 73.9 Å². The zero-order valence-corrected chi connectivity index (χ0v) is 17.6. The number of nitrogens with two attached hydrogens (primary N) is 1. The van der Waals surface area contributed by atoms with Gasteiger partial charge in [0.2, 0.25) is 0 Å². The van der Waals surface area contributed by atoms with E-state index < -0.39 is 0 Å². The quantitative estimate of drug-likeness (QED) is 0.617. The van der Waals surface area contributed by atoms with Crippen molar-refractivity contribution in [1.29, 1.82) is 0 Å². The number of carbonyl (C=O) groups excluding carboxylic acids is 1. The Morgan fingerprint density at radius 3 is 2.62 bits per heavy atom. The highest BCUT2D eigenvalue weighted by Crippen LogP contribution is 2.30. The van der Waals surface area contributed by atoms with Crippen LogP contribution < -0.4 is 16.0 Å². The molecule has 0 radical (unpaired) electrons. The number of nitrogens with one attached hydrogen (secondary N) is 1. The van der Waals surface area contributed by atoms with Gasteiger partial charge < -0.3 is 20.9 Å². The van der Waals surface area contributed by atoms with Gasteiger partial charge in [0, 0.05) is 35.3 Å². The topological polar surface area (TPSA) is 61.6 Å². The molecule has 150 valence electrons. The molecule has 0 unspecified atom stereocenters. The van der Waals surface area contributed by atoms with Gasteiger partial charge in [-0.3, -0.25) is 4.79 Å². The molecule has 2 aromatic carbocycles. The number of thiophene rings is 1. The minimum absolute atomic E-state index is 0.154. The van der Waals surface area contributed by atoms with Crippen LogP contribution in [-0.4, -0.2) is 44.0 Å². The summed E-state index contributed by atoms with van der Waals surface area (Å²) < 4.78 is 0. The van der Waals surface area contributed by atoms with E-state index in [-0.39, 0.29) is 5.91 Å². The van der Waals surface area contributed by atoms with Crippen LogP contribution in [0.2, 0.25) is 0 Å². The van der Waals surface area contributed by atoms with Crippen molar-refractivity contribution in [3.8, 4) is 10.4 Å². The Morgan fingerprint density at radius 1 is 1.17 bits per heavy atom. The molecule has 3 aromatic rings. The number of nitrogen functional groups attached to an aromatic ring is 1. The van der Waals surface area contributed by atoms with E-state index in [0.29, 0.717) is 23.0 Å². The zero-order chi connectivity index (χ0) is 20.4. The number of hydrogen-bond acceptors (Lipinski definition) is 5. The monoisotopic (exact) mass is 406 g/mol. The average molecular weight is 407 g/mol. The second kappa shape index (κ2) is 8.27. The van der Waals surface area contributed by atoms with Gasteiger partial charge in [0.05, 0.1) is 11.4 Å². The molecular weight excluding hydrogens is 380 g/mol. The molecular formula is C23H26N4OS. The molecule has 1 saturated heterocycles. The molecule has 6 heteroatoms. The largest absolute Gasteiger partial charge is 0.397 e. The predicted molar refractivity (Wildman–Crippen MR) is 123 cm³/mol. The first-order valence-corrected chi connectivity index (χ1v) is 10.7. The maximum absolute atomic E-state index is 12.8. The van der Waals surface area contributed by atoms with Crippen molar-refractivity contribution in [1.82, 2.24) is 4.90 Å². The molecule has 0 spiro atoms. The highest BCUT2D eigenvalue weighted by Gasteiger charge is 2.24. The van der Waals surface area contributed by atoms with Gasteiger partial charge in [-0.1, -0.05) is 12.1 Å². The van der Waals surface area contributed by atoms with Crippen molar-refractivity contribution in [2.75, 3.05) is 43.1 Å². The minimum Gasteiger partial charge on any atom is -0.397 e. The van der Waals surface area contributed by atoms with Crippen molar-refractivity contribution in [2.45, 2.75) is 12.5 Å². The van der Waals surface area contributed by atoms with E-state index >= 15 is 0 Å². The smallest absolute Gasteiger partial charge is 0.255 e. The first-order chi connectivity index (χ1) is 14.0. The van der Waals surface area contributed by atoms with Gasteiger partial charge in [-0.15, -0.1) is 11.3 Å². The van der Waals surface area contributed by atoms with Gasteiger partial charge in [0.15, 0.2) is 0 Å². The molecule has 0 aliphatic carbocycles. The molecule has 1 aliphatic rings. The van der Waals surface area contributed by atoms with E-state index in [4.69, 9.17) is 5.73 Å². The highest BCUT2D eigenvalue weighted by molar-refractivity contribution is 7.13. The second-order valence-corrected chi connectivity index (χ2v) is 8.58. The van der Waals surface area contributed by atoms with Crippen LogP contribution in [-0.2, 0) is 0 Å². The average Bonchev–Trinajstić information content (AvgIpc) is 3.42. The van der Waals surface area contributed by atoms with E-state index in [1.807, 2.05) is 53.9 Å². The fourth-order valence-corrected chi connectivity index (χ4v) is 4.40. The molecule has 5 nitrogen and oxygen atoms in total. The van der Waals surface area contributed by atoms with Crippen LogP contribution in [0.1, 0.15) is 16.8 Å². The van der Waals surface area contributed by atoms with Crippen LogP contribution >= 0.6 is 11.3 Å². The summed E-state index contributed by atoms with van der Waals surface area (Å²) in [7, 11) is 4.25. The first-order valence-electron chi connectivity index (χ1n) is 9.77. The summed E-state index contributed by atoms with van der Waals surface area (Å²) >= 11 is 1.66. The third kappa shape index (κ3) is 4.28. The number of amides is 1. The molecule has 3 N–H and O–H groups in total. The Balaban J connectivity index is 1.46. The molecule has 1 amide bonds. The summed E-state index contributed by atoms with van der Waals surface area (Å²) in [4.78, 5) is 18.5. The summed E-state index contributed by atoms with van der Waals surface area (Å²) in [6.45, 7) is 2.06. The highest BCUT2D eigenvalue weighted by atomic mass is 32.1. The first kappa shape index (κ1) is 19.5. The van der Waals surface area contributed by atoms with Crippen molar-refractivity contribution >= 4 is 34.3 Å². The summed E-state index contributed by atoms with van der Waals surface area (Å²) in [5, 5.41) is 4.99. The van der Waals surface area contributed by atoms with E-state index in [2.05, 4.69) is 35.3 Å². The van der Waals surface area contributed by atoms with E-state index in [9.17, 15) is 4.79 Å². The summed E-state index contributed by atoms with van der Waals surface area (Å²) in [5.74, 6) is -0.154. The summed E-state index contributed by atoms with van der Waals surface area (Å²) in [5.41, 5.74) is 10.1. The third-order valence-corrected chi connectivity index (χ3v) is 6.41. The Morgan fingerprint density at radius 2 is 1.97 bits per heavy atom. The van der Waals surface area contributed by atoms with Crippen LogP contribution in [0.3, 0.4) is 0 Å². The number of hydrogen-bond donors (Lipinski definition) is 2. The van der Waals surface area contributed by atoms with Crippen LogP contribution in [0, 0.1) is 0 Å². The lowest BCUT2D eigenvalue weighted by Crippen LogP contribution is -2.31. The number of carbonyl (C=O) groups is 1. The lowest BCUT2D eigenvalue weighted by Gasteiger charge is -2.22. The Kier molecular flexibility index (Phi) is 5.56. The molecule has 29 heavy (non-hydrogen) atoms. The van der Waals surface area contributed by atoms with Gasteiger partial charge in [0.1, 0.15) is 0 Å². The fraction of sp³-hybridized carbons (Fsp3) is 0.261. The van der Waals surface area contributed by atoms with E-state index in [0.717, 1.165) is 35.6 Å². The van der Waals surface area contributed by atoms with Crippen LogP contribution in [0.4, 0.5) is 17.1 Å². The number of anilines is 3. The third-order valence-electron chi connectivity index (χ3n) is 5.50.